The highest BCUT2D eigenvalue weighted by atomic mass is 35.5. The number of nitrogens with one attached hydrogen (secondary N) is 3. The lowest BCUT2D eigenvalue weighted by atomic mass is 10.1. The van der Waals surface area contributed by atoms with Crippen LogP contribution in [0.15, 0.2) is 54.6 Å². The molecule has 0 fully saturated rings. The van der Waals surface area contributed by atoms with Crippen molar-refractivity contribution >= 4 is 40.9 Å². The third kappa shape index (κ3) is 6.92. The average molecular weight is 404 g/mol. The molecule has 28 heavy (non-hydrogen) atoms. The number of urea groups is 1. The van der Waals surface area contributed by atoms with Gasteiger partial charge < -0.3 is 20.7 Å². The van der Waals surface area contributed by atoms with Crippen LogP contribution in [0.2, 0.25) is 5.02 Å². The summed E-state index contributed by atoms with van der Waals surface area (Å²) in [5, 5.41) is 8.35. The molecule has 0 spiro atoms. The number of hydrogen-bond donors (Lipinski definition) is 3. The van der Waals surface area contributed by atoms with E-state index in [1.807, 2.05) is 6.07 Å². The number of esters is 1. The summed E-state index contributed by atoms with van der Waals surface area (Å²) in [7, 11) is 0. The maximum atomic E-state index is 12.3. The Kier molecular flexibility index (Phi) is 7.83. The van der Waals surface area contributed by atoms with Crippen LogP contribution in [0.1, 0.15) is 13.8 Å². The lowest BCUT2D eigenvalue weighted by Crippen LogP contribution is -2.47. The Hall–Kier alpha value is -3.06. The van der Waals surface area contributed by atoms with Crippen molar-refractivity contribution in [1.82, 2.24) is 5.32 Å². The lowest BCUT2D eigenvalue weighted by molar-refractivity contribution is -0.150. The molecule has 2 aromatic rings. The Labute approximate surface area is 168 Å². The van der Waals surface area contributed by atoms with Crippen molar-refractivity contribution in [3.8, 4) is 0 Å². The summed E-state index contributed by atoms with van der Waals surface area (Å²) >= 11 is 5.79. The van der Waals surface area contributed by atoms with Gasteiger partial charge in [-0.15, -0.1) is 0 Å². The number of anilines is 2. The summed E-state index contributed by atoms with van der Waals surface area (Å²) in [6.45, 7) is 3.07. The number of hydrogen-bond acceptors (Lipinski definition) is 4. The van der Waals surface area contributed by atoms with Crippen molar-refractivity contribution in [3.63, 3.8) is 0 Å². The first kappa shape index (κ1) is 21.2. The highest BCUT2D eigenvalue weighted by Crippen LogP contribution is 2.13. The largest absolute Gasteiger partial charge is 0.454 e. The molecule has 0 saturated carbocycles. The Morgan fingerprint density at radius 3 is 2.14 bits per heavy atom. The predicted molar refractivity (Wildman–Crippen MR) is 108 cm³/mol. The number of carbonyl (C=O) groups excluding carboxylic acids is 3. The van der Waals surface area contributed by atoms with Gasteiger partial charge in [-0.2, -0.15) is 0 Å². The number of rotatable bonds is 7. The van der Waals surface area contributed by atoms with Crippen molar-refractivity contribution in [1.29, 1.82) is 0 Å². The van der Waals surface area contributed by atoms with Crippen molar-refractivity contribution in [3.05, 3.63) is 59.6 Å². The van der Waals surface area contributed by atoms with Gasteiger partial charge in [0.1, 0.15) is 6.04 Å². The Bertz CT molecular complexity index is 810. The van der Waals surface area contributed by atoms with E-state index in [1.54, 1.807) is 62.4 Å². The van der Waals surface area contributed by atoms with Crippen molar-refractivity contribution < 1.29 is 19.1 Å². The zero-order chi connectivity index (χ0) is 20.5. The minimum Gasteiger partial charge on any atom is -0.454 e. The first-order chi connectivity index (χ1) is 13.3. The molecule has 0 aliphatic heterocycles. The van der Waals surface area contributed by atoms with E-state index in [9.17, 15) is 14.4 Å². The van der Waals surface area contributed by atoms with E-state index < -0.39 is 30.6 Å². The van der Waals surface area contributed by atoms with E-state index in [2.05, 4.69) is 16.0 Å². The minimum atomic E-state index is -0.896. The molecular formula is C20H22ClN3O4. The second kappa shape index (κ2) is 10.3. The van der Waals surface area contributed by atoms with Crippen molar-refractivity contribution in [2.24, 2.45) is 5.92 Å². The first-order valence-corrected chi connectivity index (χ1v) is 9.07. The minimum absolute atomic E-state index is 0.228. The first-order valence-electron chi connectivity index (χ1n) is 8.70. The zero-order valence-electron chi connectivity index (χ0n) is 15.6. The molecule has 148 valence electrons. The number of carbonyl (C=O) groups is 3. The topological polar surface area (TPSA) is 96.5 Å². The second-order valence-corrected chi connectivity index (χ2v) is 6.79. The third-order valence-electron chi connectivity index (χ3n) is 3.71. The van der Waals surface area contributed by atoms with Gasteiger partial charge in [0.25, 0.3) is 5.91 Å². The maximum Gasteiger partial charge on any atom is 0.329 e. The SMILES string of the molecule is CC(C)[C@@H](NC(=O)Nc1ccccc1)C(=O)OCC(=O)Nc1ccc(Cl)cc1. The van der Waals surface area contributed by atoms with Crippen LogP contribution in [0.4, 0.5) is 16.2 Å². The van der Waals surface area contributed by atoms with Crippen LogP contribution < -0.4 is 16.0 Å². The number of amides is 3. The zero-order valence-corrected chi connectivity index (χ0v) is 16.3. The predicted octanol–water partition coefficient (Wildman–Crippen LogP) is 3.67. The number of para-hydroxylation sites is 1. The van der Waals surface area contributed by atoms with Crippen molar-refractivity contribution in [2.45, 2.75) is 19.9 Å². The van der Waals surface area contributed by atoms with Gasteiger partial charge in [0, 0.05) is 16.4 Å². The molecule has 0 aliphatic carbocycles. The summed E-state index contributed by atoms with van der Waals surface area (Å²) in [5.74, 6) is -1.41. The normalized spacial score (nSPS) is 11.4. The fraction of sp³-hybridized carbons (Fsp3) is 0.250. The fourth-order valence-corrected chi connectivity index (χ4v) is 2.41. The number of halogens is 1. The summed E-state index contributed by atoms with van der Waals surface area (Å²) in [6.07, 6.45) is 0. The molecule has 1 atom stereocenters. The number of benzene rings is 2. The molecule has 2 aromatic carbocycles. The van der Waals surface area contributed by atoms with Gasteiger partial charge in [0.05, 0.1) is 0 Å². The van der Waals surface area contributed by atoms with E-state index in [4.69, 9.17) is 16.3 Å². The van der Waals surface area contributed by atoms with Gasteiger partial charge in [-0.25, -0.2) is 9.59 Å². The Morgan fingerprint density at radius 1 is 0.929 bits per heavy atom. The molecule has 0 radical (unpaired) electrons. The molecular weight excluding hydrogens is 382 g/mol. The molecule has 2 rings (SSSR count). The smallest absolute Gasteiger partial charge is 0.329 e. The van der Waals surface area contributed by atoms with Crippen LogP contribution in [-0.4, -0.2) is 30.6 Å². The maximum absolute atomic E-state index is 12.3. The van der Waals surface area contributed by atoms with Gasteiger partial charge >= 0.3 is 12.0 Å². The van der Waals surface area contributed by atoms with E-state index in [-0.39, 0.29) is 5.92 Å². The van der Waals surface area contributed by atoms with E-state index in [0.29, 0.717) is 16.4 Å². The fourth-order valence-electron chi connectivity index (χ4n) is 2.28. The highest BCUT2D eigenvalue weighted by Gasteiger charge is 2.26. The van der Waals surface area contributed by atoms with Crippen LogP contribution in [0.25, 0.3) is 0 Å². The summed E-state index contributed by atoms with van der Waals surface area (Å²) in [5.41, 5.74) is 1.13. The molecule has 0 heterocycles. The monoisotopic (exact) mass is 403 g/mol. The van der Waals surface area contributed by atoms with Gasteiger partial charge in [0.2, 0.25) is 0 Å². The highest BCUT2D eigenvalue weighted by molar-refractivity contribution is 6.30. The van der Waals surface area contributed by atoms with Crippen LogP contribution >= 0.6 is 11.6 Å². The van der Waals surface area contributed by atoms with E-state index in [1.165, 1.54) is 0 Å². The van der Waals surface area contributed by atoms with Crippen molar-refractivity contribution in [2.75, 3.05) is 17.2 Å². The molecule has 0 bridgehead atoms. The summed E-state index contributed by atoms with van der Waals surface area (Å²) < 4.78 is 5.05. The second-order valence-electron chi connectivity index (χ2n) is 6.35. The quantitative estimate of drug-likeness (QED) is 0.614. The molecule has 0 saturated heterocycles. The van der Waals surface area contributed by atoms with Gasteiger partial charge in [-0.3, -0.25) is 4.79 Å². The molecule has 0 unspecified atom stereocenters. The lowest BCUT2D eigenvalue weighted by Gasteiger charge is -2.21. The molecule has 7 nitrogen and oxygen atoms in total. The standard InChI is InChI=1S/C20H22ClN3O4/c1-13(2)18(24-20(27)23-15-6-4-3-5-7-15)19(26)28-12-17(25)22-16-10-8-14(21)9-11-16/h3-11,13,18H,12H2,1-2H3,(H,22,25)(H2,23,24,27)/t18-/m1/s1. The Morgan fingerprint density at radius 2 is 1.54 bits per heavy atom. The third-order valence-corrected chi connectivity index (χ3v) is 3.96. The van der Waals surface area contributed by atoms with Gasteiger partial charge in [0.15, 0.2) is 6.61 Å². The molecule has 3 N–H and O–H groups in total. The molecule has 3 amide bonds. The average Bonchev–Trinajstić information content (AvgIpc) is 2.66. The van der Waals surface area contributed by atoms with Crippen LogP contribution in [-0.2, 0) is 14.3 Å². The summed E-state index contributed by atoms with van der Waals surface area (Å²) in [6, 6.07) is 13.9. The van der Waals surface area contributed by atoms with E-state index >= 15 is 0 Å². The summed E-state index contributed by atoms with van der Waals surface area (Å²) in [4.78, 5) is 36.4. The van der Waals surface area contributed by atoms with Gasteiger partial charge in [-0.1, -0.05) is 43.6 Å². The van der Waals surface area contributed by atoms with Crippen LogP contribution in [0.5, 0.6) is 0 Å². The molecule has 8 heteroatoms. The van der Waals surface area contributed by atoms with E-state index in [0.717, 1.165) is 0 Å². The van der Waals surface area contributed by atoms with Crippen LogP contribution in [0.3, 0.4) is 0 Å². The molecule has 0 aliphatic rings. The molecule has 0 aromatic heterocycles. The Balaban J connectivity index is 1.85. The van der Waals surface area contributed by atoms with Crippen LogP contribution in [0, 0.1) is 5.92 Å². The number of ether oxygens (including phenoxy) is 1. The van der Waals surface area contributed by atoms with Gasteiger partial charge in [-0.05, 0) is 42.3 Å².